The fourth-order valence-electron chi connectivity index (χ4n) is 2.24. The van der Waals surface area contributed by atoms with Crippen molar-refractivity contribution in [2.45, 2.75) is 13.3 Å². The highest BCUT2D eigenvalue weighted by Gasteiger charge is 2.10. The van der Waals surface area contributed by atoms with Crippen molar-refractivity contribution in [3.05, 3.63) is 53.6 Å². The summed E-state index contributed by atoms with van der Waals surface area (Å²) in [6.45, 7) is 1.75. The maximum atomic E-state index is 12.3. The van der Waals surface area contributed by atoms with E-state index in [1.165, 1.54) is 0 Å². The molecular weight excluding hydrogens is 308 g/mol. The van der Waals surface area contributed by atoms with Gasteiger partial charge in [0.1, 0.15) is 11.5 Å². The van der Waals surface area contributed by atoms with Crippen LogP contribution in [-0.4, -0.2) is 25.5 Å². The maximum Gasteiger partial charge on any atom is 0.255 e. The Morgan fingerprint density at radius 1 is 1.17 bits per heavy atom. The zero-order valence-electron chi connectivity index (χ0n) is 13.7. The summed E-state index contributed by atoms with van der Waals surface area (Å²) in [6.07, 6.45) is 0.192. The summed E-state index contributed by atoms with van der Waals surface area (Å²) >= 11 is 0. The van der Waals surface area contributed by atoms with Crippen molar-refractivity contribution >= 4 is 17.5 Å². The smallest absolute Gasteiger partial charge is 0.255 e. The molecule has 0 radical (unpaired) electrons. The topological polar surface area (TPSA) is 90.7 Å². The number of amides is 2. The van der Waals surface area contributed by atoms with Crippen LogP contribution < -0.4 is 20.5 Å². The van der Waals surface area contributed by atoms with Gasteiger partial charge in [-0.25, -0.2) is 0 Å². The van der Waals surface area contributed by atoms with Crippen molar-refractivity contribution < 1.29 is 19.1 Å². The van der Waals surface area contributed by atoms with Crippen LogP contribution in [0.2, 0.25) is 0 Å². The molecular formula is C18H20N2O4. The molecule has 0 unspecified atom stereocenters. The van der Waals surface area contributed by atoms with Gasteiger partial charge in [0, 0.05) is 17.3 Å². The Bertz CT molecular complexity index is 744. The minimum absolute atomic E-state index is 0.175. The van der Waals surface area contributed by atoms with Crippen LogP contribution in [0.5, 0.6) is 11.5 Å². The van der Waals surface area contributed by atoms with Crippen molar-refractivity contribution in [3.8, 4) is 11.5 Å². The van der Waals surface area contributed by atoms with Gasteiger partial charge in [-0.3, -0.25) is 9.59 Å². The molecule has 0 bridgehead atoms. The molecule has 0 aliphatic carbocycles. The second-order valence-corrected chi connectivity index (χ2v) is 5.32. The molecule has 6 heteroatoms. The van der Waals surface area contributed by atoms with Gasteiger partial charge in [0.15, 0.2) is 6.61 Å². The zero-order chi connectivity index (χ0) is 17.5. The molecule has 6 nitrogen and oxygen atoms in total. The number of anilines is 1. The van der Waals surface area contributed by atoms with E-state index in [4.69, 9.17) is 15.2 Å². The highest BCUT2D eigenvalue weighted by molar-refractivity contribution is 5.92. The van der Waals surface area contributed by atoms with Crippen LogP contribution in [0.25, 0.3) is 0 Å². The third-order valence-electron chi connectivity index (χ3n) is 3.29. The van der Waals surface area contributed by atoms with Crippen LogP contribution in [0.15, 0.2) is 42.5 Å². The van der Waals surface area contributed by atoms with Crippen LogP contribution in [-0.2, 0) is 16.0 Å². The van der Waals surface area contributed by atoms with E-state index < -0.39 is 5.91 Å². The van der Waals surface area contributed by atoms with E-state index in [-0.39, 0.29) is 18.9 Å². The van der Waals surface area contributed by atoms with Gasteiger partial charge in [-0.1, -0.05) is 23.8 Å². The van der Waals surface area contributed by atoms with Crippen molar-refractivity contribution in [2.75, 3.05) is 19.0 Å². The van der Waals surface area contributed by atoms with E-state index in [0.717, 1.165) is 11.1 Å². The van der Waals surface area contributed by atoms with Crippen molar-refractivity contribution in [1.82, 2.24) is 0 Å². The number of hydrogen-bond donors (Lipinski definition) is 2. The van der Waals surface area contributed by atoms with Gasteiger partial charge in [0.2, 0.25) is 5.91 Å². The highest BCUT2D eigenvalue weighted by Crippen LogP contribution is 2.21. The first-order chi connectivity index (χ1) is 11.5. The van der Waals surface area contributed by atoms with E-state index in [9.17, 15) is 9.59 Å². The van der Waals surface area contributed by atoms with Gasteiger partial charge in [-0.05, 0) is 25.1 Å². The van der Waals surface area contributed by atoms with Crippen LogP contribution in [0.4, 0.5) is 5.69 Å². The van der Waals surface area contributed by atoms with Gasteiger partial charge in [0.25, 0.3) is 5.91 Å². The van der Waals surface area contributed by atoms with E-state index >= 15 is 0 Å². The highest BCUT2D eigenvalue weighted by atomic mass is 16.5. The van der Waals surface area contributed by atoms with Gasteiger partial charge in [-0.2, -0.15) is 0 Å². The SMILES string of the molecule is COc1ccc(C)cc1CC(=O)Nc1cccc(OCC(N)=O)c1. The largest absolute Gasteiger partial charge is 0.496 e. The number of nitrogens with two attached hydrogens (primary N) is 1. The first kappa shape index (κ1) is 17.3. The Kier molecular flexibility index (Phi) is 5.78. The lowest BCUT2D eigenvalue weighted by Gasteiger charge is -2.11. The number of hydrogen-bond acceptors (Lipinski definition) is 4. The number of nitrogens with one attached hydrogen (secondary N) is 1. The maximum absolute atomic E-state index is 12.3. The summed E-state index contributed by atoms with van der Waals surface area (Å²) in [5, 5.41) is 2.80. The van der Waals surface area contributed by atoms with Gasteiger partial charge in [0.05, 0.1) is 13.5 Å². The molecule has 2 rings (SSSR count). The Morgan fingerprint density at radius 3 is 2.67 bits per heavy atom. The fourth-order valence-corrected chi connectivity index (χ4v) is 2.24. The number of carbonyl (C=O) groups is 2. The number of methoxy groups -OCH3 is 1. The zero-order valence-corrected chi connectivity index (χ0v) is 13.7. The van der Waals surface area contributed by atoms with E-state index in [0.29, 0.717) is 17.2 Å². The van der Waals surface area contributed by atoms with Crippen molar-refractivity contribution in [3.63, 3.8) is 0 Å². The monoisotopic (exact) mass is 328 g/mol. The third-order valence-corrected chi connectivity index (χ3v) is 3.29. The summed E-state index contributed by atoms with van der Waals surface area (Å²) in [5.74, 6) is 0.399. The van der Waals surface area contributed by atoms with Gasteiger partial charge >= 0.3 is 0 Å². The molecule has 0 spiro atoms. The lowest BCUT2D eigenvalue weighted by molar-refractivity contribution is -0.120. The average Bonchev–Trinajstić information content (AvgIpc) is 2.53. The molecule has 0 aliphatic heterocycles. The molecule has 2 aromatic rings. The van der Waals surface area contributed by atoms with Gasteiger partial charge < -0.3 is 20.5 Å². The number of ether oxygens (including phenoxy) is 2. The predicted octanol–water partition coefficient (Wildman–Crippen LogP) is 2.05. The summed E-state index contributed by atoms with van der Waals surface area (Å²) in [6, 6.07) is 12.5. The van der Waals surface area contributed by atoms with Crippen LogP contribution in [0, 0.1) is 6.92 Å². The van der Waals surface area contributed by atoms with E-state index in [1.54, 1.807) is 31.4 Å². The second kappa shape index (κ2) is 8.01. The second-order valence-electron chi connectivity index (χ2n) is 5.32. The molecule has 2 aromatic carbocycles. The minimum atomic E-state index is -0.559. The lowest BCUT2D eigenvalue weighted by Crippen LogP contribution is -2.20. The number of benzene rings is 2. The van der Waals surface area contributed by atoms with Crippen molar-refractivity contribution in [2.24, 2.45) is 5.73 Å². The minimum Gasteiger partial charge on any atom is -0.496 e. The Morgan fingerprint density at radius 2 is 1.96 bits per heavy atom. The predicted molar refractivity (Wildman–Crippen MR) is 91.2 cm³/mol. The summed E-state index contributed by atoms with van der Waals surface area (Å²) < 4.78 is 10.5. The molecule has 3 N–H and O–H groups in total. The molecule has 0 aliphatic rings. The number of carbonyl (C=O) groups excluding carboxylic acids is 2. The van der Waals surface area contributed by atoms with Crippen molar-refractivity contribution in [1.29, 1.82) is 0 Å². The first-order valence-corrected chi connectivity index (χ1v) is 7.42. The summed E-state index contributed by atoms with van der Waals surface area (Å²) in [7, 11) is 1.58. The Labute approximate surface area is 140 Å². The first-order valence-electron chi connectivity index (χ1n) is 7.42. The average molecular weight is 328 g/mol. The Balaban J connectivity index is 2.03. The summed E-state index contributed by atoms with van der Waals surface area (Å²) in [5.41, 5.74) is 7.49. The standard InChI is InChI=1S/C18H20N2O4/c1-12-6-7-16(23-2)13(8-12)9-18(22)20-14-4-3-5-15(10-14)24-11-17(19)21/h3-8,10H,9,11H2,1-2H3,(H2,19,21)(H,20,22). The fraction of sp³-hybridized carbons (Fsp3) is 0.222. The third kappa shape index (κ3) is 5.01. The molecule has 0 saturated carbocycles. The van der Waals surface area contributed by atoms with Crippen LogP contribution in [0.3, 0.4) is 0 Å². The summed E-state index contributed by atoms with van der Waals surface area (Å²) in [4.78, 5) is 23.0. The van der Waals surface area contributed by atoms with E-state index in [2.05, 4.69) is 5.32 Å². The number of rotatable bonds is 7. The molecule has 126 valence electrons. The molecule has 2 amide bonds. The molecule has 24 heavy (non-hydrogen) atoms. The molecule has 0 heterocycles. The molecule has 0 saturated heterocycles. The lowest BCUT2D eigenvalue weighted by atomic mass is 10.1. The van der Waals surface area contributed by atoms with Crippen LogP contribution >= 0.6 is 0 Å². The van der Waals surface area contributed by atoms with Gasteiger partial charge in [-0.15, -0.1) is 0 Å². The van der Waals surface area contributed by atoms with E-state index in [1.807, 2.05) is 25.1 Å². The normalized spacial score (nSPS) is 10.1. The molecule has 0 fully saturated rings. The molecule has 0 aromatic heterocycles. The number of primary amides is 1. The number of aryl methyl sites for hydroxylation is 1. The molecule has 0 atom stereocenters. The van der Waals surface area contributed by atoms with Crippen LogP contribution in [0.1, 0.15) is 11.1 Å². The Hall–Kier alpha value is -3.02. The quantitative estimate of drug-likeness (QED) is 0.814.